The normalized spacial score (nSPS) is 20.8. The third kappa shape index (κ3) is 4.82. The van der Waals surface area contributed by atoms with Crippen molar-refractivity contribution in [3.05, 3.63) is 36.9 Å². The predicted molar refractivity (Wildman–Crippen MR) is 98.5 cm³/mol. The average molecular weight is 378 g/mol. The molecule has 0 saturated heterocycles. The summed E-state index contributed by atoms with van der Waals surface area (Å²) in [6, 6.07) is 6.78. The number of hydrogen-bond donors (Lipinski definition) is 1. The van der Waals surface area contributed by atoms with Gasteiger partial charge in [-0.25, -0.2) is 13.1 Å². The zero-order valence-electron chi connectivity index (χ0n) is 15.0. The lowest BCUT2D eigenvalue weighted by molar-refractivity contribution is 0.305. The fourth-order valence-electron chi connectivity index (χ4n) is 3.28. The van der Waals surface area contributed by atoms with Crippen molar-refractivity contribution in [1.29, 1.82) is 0 Å². The monoisotopic (exact) mass is 378 g/mol. The molecule has 26 heavy (non-hydrogen) atoms. The van der Waals surface area contributed by atoms with Crippen LogP contribution in [-0.2, 0) is 10.0 Å². The summed E-state index contributed by atoms with van der Waals surface area (Å²) in [4.78, 5) is 0.270. The van der Waals surface area contributed by atoms with Crippen LogP contribution in [0.3, 0.4) is 0 Å². The van der Waals surface area contributed by atoms with E-state index in [1.54, 1.807) is 36.9 Å². The molecule has 1 fully saturated rings. The Morgan fingerprint density at radius 3 is 2.62 bits per heavy atom. The van der Waals surface area contributed by atoms with Crippen LogP contribution in [0.5, 0.6) is 5.75 Å². The Balaban J connectivity index is 1.61. The molecule has 7 nitrogen and oxygen atoms in total. The molecule has 2 aromatic rings. The maximum Gasteiger partial charge on any atom is 0.240 e. The smallest absolute Gasteiger partial charge is 0.240 e. The number of sulfonamides is 1. The third-order valence-electron chi connectivity index (χ3n) is 4.73. The molecule has 8 heteroatoms. The van der Waals surface area contributed by atoms with E-state index in [9.17, 15) is 8.42 Å². The van der Waals surface area contributed by atoms with Gasteiger partial charge >= 0.3 is 0 Å². The van der Waals surface area contributed by atoms with Crippen LogP contribution in [0.1, 0.15) is 51.5 Å². The molecule has 2 unspecified atom stereocenters. The predicted octanol–water partition coefficient (Wildman–Crippen LogP) is 2.92. The van der Waals surface area contributed by atoms with Gasteiger partial charge in [0.25, 0.3) is 0 Å². The Morgan fingerprint density at radius 2 is 1.92 bits per heavy atom. The van der Waals surface area contributed by atoms with Crippen molar-refractivity contribution in [2.45, 2.75) is 62.4 Å². The third-order valence-corrected chi connectivity index (χ3v) is 6.26. The van der Waals surface area contributed by atoms with Crippen molar-refractivity contribution in [1.82, 2.24) is 19.5 Å². The Morgan fingerprint density at radius 1 is 1.19 bits per heavy atom. The molecular weight excluding hydrogens is 352 g/mol. The van der Waals surface area contributed by atoms with Gasteiger partial charge in [-0.05, 0) is 56.4 Å². The number of rotatable bonds is 8. The van der Waals surface area contributed by atoms with E-state index < -0.39 is 10.0 Å². The molecule has 1 heterocycles. The highest BCUT2D eigenvalue weighted by Gasteiger charge is 2.27. The van der Waals surface area contributed by atoms with Crippen molar-refractivity contribution in [3.8, 4) is 5.75 Å². The van der Waals surface area contributed by atoms with Gasteiger partial charge in [-0.3, -0.25) is 0 Å². The lowest BCUT2D eigenvalue weighted by Crippen LogP contribution is -2.38. The molecule has 1 aromatic carbocycles. The van der Waals surface area contributed by atoms with Crippen LogP contribution < -0.4 is 9.46 Å². The highest BCUT2D eigenvalue weighted by molar-refractivity contribution is 7.89. The molecule has 1 aliphatic rings. The average Bonchev–Trinajstić information content (AvgIpc) is 3.17. The fourth-order valence-corrected chi connectivity index (χ4v) is 4.56. The molecule has 0 amide bonds. The van der Waals surface area contributed by atoms with Crippen LogP contribution in [-0.4, -0.2) is 35.8 Å². The summed E-state index contributed by atoms with van der Waals surface area (Å²) in [6.45, 7) is 2.75. The van der Waals surface area contributed by atoms with E-state index in [0.717, 1.165) is 38.5 Å². The Kier molecular flexibility index (Phi) is 6.26. The largest absolute Gasteiger partial charge is 0.494 e. The van der Waals surface area contributed by atoms with Crippen LogP contribution in [0.2, 0.25) is 0 Å². The van der Waals surface area contributed by atoms with Crippen molar-refractivity contribution in [2.24, 2.45) is 0 Å². The van der Waals surface area contributed by atoms with Crippen molar-refractivity contribution >= 4 is 10.0 Å². The zero-order chi connectivity index (χ0) is 18.4. The summed E-state index contributed by atoms with van der Waals surface area (Å²) in [5, 5.41) is 7.68. The van der Waals surface area contributed by atoms with Gasteiger partial charge in [0.2, 0.25) is 10.0 Å². The number of nitrogens with zero attached hydrogens (tertiary/aromatic N) is 3. The number of nitrogens with one attached hydrogen (secondary N) is 1. The lowest BCUT2D eigenvalue weighted by Gasteiger charge is -2.30. The minimum atomic E-state index is -3.54. The van der Waals surface area contributed by atoms with Gasteiger partial charge in [-0.2, -0.15) is 0 Å². The topological polar surface area (TPSA) is 86.1 Å². The number of hydrogen-bond acceptors (Lipinski definition) is 5. The number of unbranched alkanes of at least 4 members (excludes halogenated alkanes) is 1. The van der Waals surface area contributed by atoms with E-state index in [1.165, 1.54) is 0 Å². The SMILES string of the molecule is CCCCOc1ccc(S(=O)(=O)NC2CCCC(n3cnnc3)C2)cc1. The highest BCUT2D eigenvalue weighted by Crippen LogP contribution is 2.29. The molecule has 1 aliphatic carbocycles. The quantitative estimate of drug-likeness (QED) is 0.714. The van der Waals surface area contributed by atoms with Gasteiger partial charge in [0.15, 0.2) is 0 Å². The van der Waals surface area contributed by atoms with E-state index in [4.69, 9.17) is 4.74 Å². The first-order valence-corrected chi connectivity index (χ1v) is 10.7. The number of ether oxygens (including phenoxy) is 1. The molecule has 1 saturated carbocycles. The van der Waals surface area contributed by atoms with Gasteiger partial charge < -0.3 is 9.30 Å². The summed E-state index contributed by atoms with van der Waals surface area (Å²) >= 11 is 0. The van der Waals surface area contributed by atoms with E-state index in [0.29, 0.717) is 12.4 Å². The summed E-state index contributed by atoms with van der Waals surface area (Å²) in [5.74, 6) is 0.697. The maximum absolute atomic E-state index is 12.7. The highest BCUT2D eigenvalue weighted by atomic mass is 32.2. The van der Waals surface area contributed by atoms with E-state index >= 15 is 0 Å². The second-order valence-corrected chi connectivity index (χ2v) is 8.44. The van der Waals surface area contributed by atoms with Gasteiger partial charge in [-0.1, -0.05) is 13.3 Å². The van der Waals surface area contributed by atoms with E-state index in [2.05, 4.69) is 21.8 Å². The molecule has 0 radical (unpaired) electrons. The fraction of sp³-hybridized carbons (Fsp3) is 0.556. The second-order valence-electron chi connectivity index (χ2n) is 6.72. The number of aromatic nitrogens is 3. The summed E-state index contributed by atoms with van der Waals surface area (Å²) in [6.07, 6.45) is 9.01. The first-order chi connectivity index (χ1) is 12.6. The molecular formula is C18H26N4O3S. The second kappa shape index (κ2) is 8.64. The van der Waals surface area contributed by atoms with Gasteiger partial charge in [0.05, 0.1) is 11.5 Å². The molecule has 0 aliphatic heterocycles. The van der Waals surface area contributed by atoms with Crippen molar-refractivity contribution < 1.29 is 13.2 Å². The van der Waals surface area contributed by atoms with E-state index in [-0.39, 0.29) is 17.0 Å². The van der Waals surface area contributed by atoms with Crippen LogP contribution in [0.4, 0.5) is 0 Å². The maximum atomic E-state index is 12.7. The van der Waals surface area contributed by atoms with Crippen molar-refractivity contribution in [2.75, 3.05) is 6.61 Å². The molecule has 2 atom stereocenters. The minimum Gasteiger partial charge on any atom is -0.494 e. The Bertz CT molecular complexity index is 775. The van der Waals surface area contributed by atoms with Crippen LogP contribution >= 0.6 is 0 Å². The standard InChI is InChI=1S/C18H26N4O3S/c1-2-3-11-25-17-7-9-18(10-8-17)26(23,24)21-15-5-4-6-16(12-15)22-13-19-20-14-22/h7-10,13-16,21H,2-6,11-12H2,1H3. The number of benzene rings is 1. The zero-order valence-corrected chi connectivity index (χ0v) is 15.9. The van der Waals surface area contributed by atoms with Crippen LogP contribution in [0, 0.1) is 0 Å². The summed E-state index contributed by atoms with van der Waals surface area (Å²) in [7, 11) is -3.54. The van der Waals surface area contributed by atoms with Gasteiger partial charge in [0, 0.05) is 12.1 Å². The molecule has 1 aromatic heterocycles. The Labute approximate surface area is 154 Å². The summed E-state index contributed by atoms with van der Waals surface area (Å²) < 4.78 is 35.8. The molecule has 142 valence electrons. The van der Waals surface area contributed by atoms with Crippen LogP contribution in [0.25, 0.3) is 0 Å². The molecule has 0 bridgehead atoms. The molecule has 0 spiro atoms. The first-order valence-electron chi connectivity index (χ1n) is 9.18. The first kappa shape index (κ1) is 18.8. The summed E-state index contributed by atoms with van der Waals surface area (Å²) in [5.41, 5.74) is 0. The lowest BCUT2D eigenvalue weighted by atomic mass is 9.91. The van der Waals surface area contributed by atoms with Crippen LogP contribution in [0.15, 0.2) is 41.8 Å². The van der Waals surface area contributed by atoms with E-state index in [1.807, 2.05) is 4.57 Å². The molecule has 1 N–H and O–H groups in total. The Hall–Kier alpha value is -1.93. The van der Waals surface area contributed by atoms with Gasteiger partial charge in [-0.15, -0.1) is 10.2 Å². The van der Waals surface area contributed by atoms with Gasteiger partial charge in [0.1, 0.15) is 18.4 Å². The molecule has 3 rings (SSSR count). The van der Waals surface area contributed by atoms with Crippen molar-refractivity contribution in [3.63, 3.8) is 0 Å². The minimum absolute atomic E-state index is 0.0818.